The Labute approximate surface area is 145 Å². The normalized spacial score (nSPS) is 17.2. The van der Waals surface area contributed by atoms with Crippen LogP contribution in [-0.4, -0.2) is 36.6 Å². The van der Waals surface area contributed by atoms with Crippen LogP contribution in [0.4, 0.5) is 10.5 Å². The van der Waals surface area contributed by atoms with E-state index in [1.807, 2.05) is 0 Å². The molecule has 24 heavy (non-hydrogen) atoms. The molecule has 1 aliphatic rings. The van der Waals surface area contributed by atoms with Crippen LogP contribution >= 0.6 is 11.6 Å². The second-order valence-electron chi connectivity index (χ2n) is 5.73. The van der Waals surface area contributed by atoms with Gasteiger partial charge in [-0.05, 0) is 44.9 Å². The van der Waals surface area contributed by atoms with E-state index in [2.05, 4.69) is 16.0 Å². The predicted octanol–water partition coefficient (Wildman–Crippen LogP) is 2.31. The van der Waals surface area contributed by atoms with E-state index >= 15 is 0 Å². The fraction of sp³-hybridized carbons (Fsp3) is 0.438. The van der Waals surface area contributed by atoms with Crippen LogP contribution in [0.15, 0.2) is 18.2 Å². The van der Waals surface area contributed by atoms with E-state index in [9.17, 15) is 14.4 Å². The molecule has 1 fully saturated rings. The number of hydrogen-bond donors (Lipinski definition) is 3. The number of anilines is 1. The summed E-state index contributed by atoms with van der Waals surface area (Å²) in [6, 6.07) is 3.42. The highest BCUT2D eigenvalue weighted by atomic mass is 35.5. The Morgan fingerprint density at radius 2 is 2.12 bits per heavy atom. The molecule has 1 aromatic rings. The topological polar surface area (TPSA) is 96.5 Å². The second-order valence-corrected chi connectivity index (χ2v) is 6.14. The smallest absolute Gasteiger partial charge is 0.339 e. The molecule has 1 aliphatic heterocycles. The molecule has 7 nitrogen and oxygen atoms in total. The summed E-state index contributed by atoms with van der Waals surface area (Å²) in [6.45, 7) is 4.09. The average molecular weight is 354 g/mol. The fourth-order valence-corrected chi connectivity index (χ4v) is 2.47. The minimum absolute atomic E-state index is 0.165. The lowest BCUT2D eigenvalue weighted by molar-refractivity contribution is -0.124. The minimum Gasteiger partial charge on any atom is -0.459 e. The van der Waals surface area contributed by atoms with Gasteiger partial charge in [0.05, 0.1) is 16.7 Å². The molecular formula is C16H20ClN3O4. The zero-order valence-corrected chi connectivity index (χ0v) is 14.3. The van der Waals surface area contributed by atoms with Crippen molar-refractivity contribution in [3.05, 3.63) is 28.8 Å². The Bertz CT molecular complexity index is 648. The summed E-state index contributed by atoms with van der Waals surface area (Å²) in [5.41, 5.74) is 0.544. The van der Waals surface area contributed by atoms with Crippen molar-refractivity contribution >= 4 is 35.2 Å². The number of halogens is 1. The maximum absolute atomic E-state index is 12.0. The highest BCUT2D eigenvalue weighted by Crippen LogP contribution is 2.22. The average Bonchev–Trinajstić information content (AvgIpc) is 2.50. The molecule has 0 aromatic heterocycles. The van der Waals surface area contributed by atoms with Crippen LogP contribution in [-0.2, 0) is 9.53 Å². The van der Waals surface area contributed by atoms with Gasteiger partial charge < -0.3 is 20.7 Å². The first-order valence-electron chi connectivity index (χ1n) is 7.72. The van der Waals surface area contributed by atoms with Gasteiger partial charge in [0.2, 0.25) is 5.91 Å². The quantitative estimate of drug-likeness (QED) is 0.723. The molecule has 0 aliphatic carbocycles. The maximum atomic E-state index is 12.0. The summed E-state index contributed by atoms with van der Waals surface area (Å²) in [4.78, 5) is 35.6. The molecule has 1 aromatic carbocycles. The van der Waals surface area contributed by atoms with Crippen LogP contribution in [0.2, 0.25) is 5.02 Å². The number of carbonyl (C=O) groups is 3. The zero-order chi connectivity index (χ0) is 17.7. The molecule has 130 valence electrons. The lowest BCUT2D eigenvalue weighted by Gasteiger charge is -2.22. The monoisotopic (exact) mass is 353 g/mol. The first-order valence-corrected chi connectivity index (χ1v) is 8.10. The number of hydrogen-bond acceptors (Lipinski definition) is 4. The van der Waals surface area contributed by atoms with Gasteiger partial charge in [-0.3, -0.25) is 4.79 Å². The van der Waals surface area contributed by atoms with E-state index in [1.165, 1.54) is 12.1 Å². The molecule has 0 radical (unpaired) electrons. The van der Waals surface area contributed by atoms with Crippen LogP contribution in [0, 0.1) is 0 Å². The van der Waals surface area contributed by atoms with Crippen LogP contribution in [0.1, 0.15) is 37.0 Å². The highest BCUT2D eigenvalue weighted by Gasteiger charge is 2.23. The van der Waals surface area contributed by atoms with Crippen molar-refractivity contribution in [1.29, 1.82) is 0 Å². The molecule has 3 amide bonds. The predicted molar refractivity (Wildman–Crippen MR) is 90.2 cm³/mol. The van der Waals surface area contributed by atoms with Crippen molar-refractivity contribution in [1.82, 2.24) is 10.6 Å². The van der Waals surface area contributed by atoms with E-state index in [-0.39, 0.29) is 22.6 Å². The Balaban J connectivity index is 2.02. The number of urea groups is 1. The molecule has 0 unspecified atom stereocenters. The molecular weight excluding hydrogens is 334 g/mol. The van der Waals surface area contributed by atoms with E-state index in [1.54, 1.807) is 19.9 Å². The molecule has 1 atom stereocenters. The van der Waals surface area contributed by atoms with E-state index in [0.29, 0.717) is 18.7 Å². The Kier molecular flexibility index (Phi) is 6.03. The molecule has 8 heteroatoms. The number of nitrogens with one attached hydrogen (secondary N) is 3. The van der Waals surface area contributed by atoms with Gasteiger partial charge in [-0.15, -0.1) is 0 Å². The fourth-order valence-electron chi connectivity index (χ4n) is 2.27. The number of carbonyl (C=O) groups excluding carboxylic acids is 3. The number of rotatable bonds is 4. The lowest BCUT2D eigenvalue weighted by Crippen LogP contribution is -2.51. The Morgan fingerprint density at radius 3 is 2.79 bits per heavy atom. The molecule has 0 bridgehead atoms. The summed E-state index contributed by atoms with van der Waals surface area (Å²) in [6.07, 6.45) is 1.12. The number of piperidine rings is 1. The standard InChI is InChI=1S/C16H20ClN3O4/c1-9(2)24-15(22)11-8-10(5-6-12(11)17)19-16(23)20-13-4-3-7-18-14(13)21/h5-6,8-9,13H,3-4,7H2,1-2H3,(H,18,21)(H2,19,20,23)/t13-/m1/s1. The summed E-state index contributed by atoms with van der Waals surface area (Å²) < 4.78 is 5.11. The van der Waals surface area contributed by atoms with Gasteiger partial charge in [0, 0.05) is 12.2 Å². The molecule has 0 saturated carbocycles. The first-order chi connectivity index (χ1) is 11.4. The SMILES string of the molecule is CC(C)OC(=O)c1cc(NC(=O)N[C@@H]2CCCNC2=O)ccc1Cl. The molecule has 3 N–H and O–H groups in total. The first kappa shape index (κ1) is 18.1. The van der Waals surface area contributed by atoms with Crippen molar-refractivity contribution in [3.8, 4) is 0 Å². The van der Waals surface area contributed by atoms with Crippen molar-refractivity contribution in [2.45, 2.75) is 38.8 Å². The summed E-state index contributed by atoms with van der Waals surface area (Å²) in [5.74, 6) is -0.764. The van der Waals surface area contributed by atoms with Crippen LogP contribution in [0.5, 0.6) is 0 Å². The van der Waals surface area contributed by atoms with Gasteiger partial charge in [0.1, 0.15) is 6.04 Å². The number of amides is 3. The summed E-state index contributed by atoms with van der Waals surface area (Å²) in [7, 11) is 0. The minimum atomic E-state index is -0.564. The van der Waals surface area contributed by atoms with Gasteiger partial charge >= 0.3 is 12.0 Å². The third kappa shape index (κ3) is 4.86. The molecule has 1 saturated heterocycles. The van der Waals surface area contributed by atoms with E-state index < -0.39 is 18.0 Å². The summed E-state index contributed by atoms with van der Waals surface area (Å²) >= 11 is 6.00. The van der Waals surface area contributed by atoms with Gasteiger partial charge in [0.15, 0.2) is 0 Å². The van der Waals surface area contributed by atoms with Crippen LogP contribution in [0.25, 0.3) is 0 Å². The maximum Gasteiger partial charge on any atom is 0.339 e. The summed E-state index contributed by atoms with van der Waals surface area (Å²) in [5, 5.41) is 8.12. The van der Waals surface area contributed by atoms with Crippen LogP contribution < -0.4 is 16.0 Å². The van der Waals surface area contributed by atoms with E-state index in [0.717, 1.165) is 6.42 Å². The van der Waals surface area contributed by atoms with Gasteiger partial charge in [0.25, 0.3) is 0 Å². The van der Waals surface area contributed by atoms with Gasteiger partial charge in [-0.25, -0.2) is 9.59 Å². The van der Waals surface area contributed by atoms with Gasteiger partial charge in [-0.2, -0.15) is 0 Å². The number of benzene rings is 1. The second kappa shape index (κ2) is 8.01. The van der Waals surface area contributed by atoms with Gasteiger partial charge in [-0.1, -0.05) is 11.6 Å². The van der Waals surface area contributed by atoms with Crippen molar-refractivity contribution in [2.75, 3.05) is 11.9 Å². The number of esters is 1. The van der Waals surface area contributed by atoms with Crippen molar-refractivity contribution in [2.24, 2.45) is 0 Å². The Hall–Kier alpha value is -2.28. The van der Waals surface area contributed by atoms with E-state index in [4.69, 9.17) is 16.3 Å². The third-order valence-electron chi connectivity index (χ3n) is 3.38. The largest absolute Gasteiger partial charge is 0.459 e. The highest BCUT2D eigenvalue weighted by molar-refractivity contribution is 6.33. The molecule has 1 heterocycles. The van der Waals surface area contributed by atoms with Crippen molar-refractivity contribution < 1.29 is 19.1 Å². The zero-order valence-electron chi connectivity index (χ0n) is 13.5. The lowest BCUT2D eigenvalue weighted by atomic mass is 10.1. The number of ether oxygens (including phenoxy) is 1. The van der Waals surface area contributed by atoms with Crippen molar-refractivity contribution in [3.63, 3.8) is 0 Å². The third-order valence-corrected chi connectivity index (χ3v) is 3.71. The molecule has 0 spiro atoms. The Morgan fingerprint density at radius 1 is 1.38 bits per heavy atom. The molecule has 2 rings (SSSR count). The van der Waals surface area contributed by atoms with Crippen LogP contribution in [0.3, 0.4) is 0 Å².